The fourth-order valence-electron chi connectivity index (χ4n) is 1.41. The number of hydrogen-bond donors (Lipinski definition) is 1. The maximum Gasteiger partial charge on any atom is 0.214 e. The smallest absolute Gasteiger partial charge is 0.214 e. The number of rotatable bonds is 5. The first-order chi connectivity index (χ1) is 8.74. The number of nitrogens with one attached hydrogen (secondary N) is 1. The summed E-state index contributed by atoms with van der Waals surface area (Å²) in [4.78, 5) is 3.45. The largest absolute Gasteiger partial charge is 0.492 e. The van der Waals surface area contributed by atoms with Gasteiger partial charge in [-0.15, -0.1) is 0 Å². The van der Waals surface area contributed by atoms with E-state index in [0.29, 0.717) is 24.6 Å². The Labute approximate surface area is 103 Å². The molecule has 0 fully saturated rings. The maximum atomic E-state index is 12.8. The highest BCUT2D eigenvalue weighted by Gasteiger charge is 1.96. The van der Waals surface area contributed by atoms with Gasteiger partial charge in [-0.3, -0.25) is 0 Å². The van der Waals surface area contributed by atoms with Crippen molar-refractivity contribution in [2.24, 2.45) is 0 Å². The van der Waals surface area contributed by atoms with Gasteiger partial charge in [-0.05, 0) is 30.3 Å². The van der Waals surface area contributed by atoms with E-state index in [4.69, 9.17) is 4.74 Å². The fourth-order valence-corrected chi connectivity index (χ4v) is 1.41. The van der Waals surface area contributed by atoms with Crippen molar-refractivity contribution in [3.63, 3.8) is 0 Å². The van der Waals surface area contributed by atoms with Crippen LogP contribution < -0.4 is 10.1 Å². The van der Waals surface area contributed by atoms with Crippen LogP contribution in [0.3, 0.4) is 0 Å². The van der Waals surface area contributed by atoms with Crippen LogP contribution in [0.1, 0.15) is 0 Å². The van der Waals surface area contributed by atoms with Crippen molar-refractivity contribution in [1.29, 1.82) is 0 Å². The summed E-state index contributed by atoms with van der Waals surface area (Å²) < 4.78 is 30.8. The molecule has 3 nitrogen and oxygen atoms in total. The van der Waals surface area contributed by atoms with Crippen molar-refractivity contribution in [1.82, 2.24) is 4.98 Å². The standard InChI is InChI=1S/C13H12F2N2O/c14-10-1-3-12(4-2-10)18-8-7-16-11-5-6-17-13(15)9-11/h1-6,9H,7-8H2,(H,16,17). The van der Waals surface area contributed by atoms with E-state index in [1.165, 1.54) is 24.4 Å². The summed E-state index contributed by atoms with van der Waals surface area (Å²) in [5.41, 5.74) is 0.644. The van der Waals surface area contributed by atoms with Crippen LogP contribution in [0.4, 0.5) is 14.5 Å². The van der Waals surface area contributed by atoms with E-state index in [2.05, 4.69) is 10.3 Å². The highest BCUT2D eigenvalue weighted by molar-refractivity contribution is 5.41. The third kappa shape index (κ3) is 3.69. The molecule has 1 N–H and O–H groups in total. The average Bonchev–Trinajstić information content (AvgIpc) is 2.37. The van der Waals surface area contributed by atoms with Gasteiger partial charge in [0.1, 0.15) is 18.2 Å². The van der Waals surface area contributed by atoms with Crippen LogP contribution in [-0.4, -0.2) is 18.1 Å². The SMILES string of the molecule is Fc1ccc(OCCNc2ccnc(F)c2)cc1. The number of aromatic nitrogens is 1. The quantitative estimate of drug-likeness (QED) is 0.654. The molecular weight excluding hydrogens is 238 g/mol. The molecule has 0 radical (unpaired) electrons. The molecule has 2 rings (SSSR count). The number of nitrogens with zero attached hydrogens (tertiary/aromatic N) is 1. The maximum absolute atomic E-state index is 12.8. The van der Waals surface area contributed by atoms with Gasteiger partial charge in [-0.2, -0.15) is 4.39 Å². The van der Waals surface area contributed by atoms with E-state index >= 15 is 0 Å². The number of anilines is 1. The molecule has 94 valence electrons. The Morgan fingerprint density at radius 2 is 1.89 bits per heavy atom. The molecule has 0 atom stereocenters. The number of hydrogen-bond acceptors (Lipinski definition) is 3. The van der Waals surface area contributed by atoms with Gasteiger partial charge in [0, 0.05) is 24.5 Å². The molecule has 1 heterocycles. The molecule has 18 heavy (non-hydrogen) atoms. The molecule has 0 bridgehead atoms. The zero-order valence-electron chi connectivity index (χ0n) is 9.57. The molecule has 0 aliphatic carbocycles. The minimum absolute atomic E-state index is 0.298. The van der Waals surface area contributed by atoms with Crippen molar-refractivity contribution in [3.8, 4) is 5.75 Å². The van der Waals surface area contributed by atoms with Gasteiger partial charge in [0.25, 0.3) is 0 Å². The van der Waals surface area contributed by atoms with Crippen molar-refractivity contribution in [2.45, 2.75) is 0 Å². The lowest BCUT2D eigenvalue weighted by Gasteiger charge is -2.08. The highest BCUT2D eigenvalue weighted by atomic mass is 19.1. The lowest BCUT2D eigenvalue weighted by Crippen LogP contribution is -2.11. The summed E-state index contributed by atoms with van der Waals surface area (Å²) in [5.74, 6) is -0.230. The van der Waals surface area contributed by atoms with Crippen LogP contribution in [-0.2, 0) is 0 Å². The van der Waals surface area contributed by atoms with Gasteiger partial charge in [0.2, 0.25) is 5.95 Å². The predicted molar refractivity (Wildman–Crippen MR) is 64.6 cm³/mol. The van der Waals surface area contributed by atoms with Gasteiger partial charge in [-0.25, -0.2) is 9.37 Å². The molecule has 0 spiro atoms. The van der Waals surface area contributed by atoms with Crippen LogP contribution in [0.5, 0.6) is 5.75 Å². The zero-order chi connectivity index (χ0) is 12.8. The minimum Gasteiger partial charge on any atom is -0.492 e. The van der Waals surface area contributed by atoms with E-state index in [1.54, 1.807) is 18.2 Å². The lowest BCUT2D eigenvalue weighted by molar-refractivity contribution is 0.332. The first-order valence-corrected chi connectivity index (χ1v) is 5.48. The first-order valence-electron chi connectivity index (χ1n) is 5.48. The Morgan fingerprint density at radius 3 is 2.61 bits per heavy atom. The monoisotopic (exact) mass is 250 g/mol. The molecule has 0 unspecified atom stereocenters. The normalized spacial score (nSPS) is 10.1. The van der Waals surface area contributed by atoms with Crippen LogP contribution in [0, 0.1) is 11.8 Å². The van der Waals surface area contributed by atoms with Crippen molar-refractivity contribution >= 4 is 5.69 Å². The molecule has 1 aromatic heterocycles. The second-order valence-electron chi connectivity index (χ2n) is 3.60. The second-order valence-corrected chi connectivity index (χ2v) is 3.60. The van der Waals surface area contributed by atoms with Gasteiger partial charge in [-0.1, -0.05) is 0 Å². The van der Waals surface area contributed by atoms with E-state index in [1.807, 2.05) is 0 Å². The van der Waals surface area contributed by atoms with Crippen molar-refractivity contribution in [2.75, 3.05) is 18.5 Å². The first kappa shape index (κ1) is 12.3. The Kier molecular flexibility index (Phi) is 4.06. The molecule has 0 aliphatic heterocycles. The third-order valence-electron chi connectivity index (χ3n) is 2.24. The van der Waals surface area contributed by atoms with E-state index < -0.39 is 5.95 Å². The number of pyridine rings is 1. The number of ether oxygens (including phenoxy) is 1. The van der Waals surface area contributed by atoms with E-state index in [-0.39, 0.29) is 5.82 Å². The Morgan fingerprint density at radius 1 is 1.11 bits per heavy atom. The van der Waals surface area contributed by atoms with Crippen LogP contribution in [0.25, 0.3) is 0 Å². The summed E-state index contributed by atoms with van der Waals surface area (Å²) in [6.07, 6.45) is 1.39. The topological polar surface area (TPSA) is 34.1 Å². The highest BCUT2D eigenvalue weighted by Crippen LogP contribution is 2.11. The molecule has 2 aromatic rings. The summed E-state index contributed by atoms with van der Waals surface area (Å²) >= 11 is 0. The second kappa shape index (κ2) is 5.95. The van der Waals surface area contributed by atoms with Gasteiger partial charge < -0.3 is 10.1 Å². The summed E-state index contributed by atoms with van der Waals surface area (Å²) in [6.45, 7) is 0.913. The van der Waals surface area contributed by atoms with Crippen LogP contribution in [0.2, 0.25) is 0 Å². The lowest BCUT2D eigenvalue weighted by atomic mass is 10.3. The van der Waals surface area contributed by atoms with E-state index in [9.17, 15) is 8.78 Å². The Balaban J connectivity index is 1.74. The van der Waals surface area contributed by atoms with Crippen molar-refractivity contribution < 1.29 is 13.5 Å². The van der Waals surface area contributed by atoms with Gasteiger partial charge >= 0.3 is 0 Å². The molecule has 0 aliphatic rings. The molecule has 1 aromatic carbocycles. The van der Waals surface area contributed by atoms with Gasteiger partial charge in [0.05, 0.1) is 0 Å². The Hall–Kier alpha value is -2.17. The molecule has 5 heteroatoms. The number of benzene rings is 1. The number of halogens is 2. The summed E-state index contributed by atoms with van der Waals surface area (Å²) in [5, 5.41) is 2.99. The minimum atomic E-state index is -0.528. The summed E-state index contributed by atoms with van der Waals surface area (Å²) in [6, 6.07) is 8.75. The van der Waals surface area contributed by atoms with Crippen molar-refractivity contribution in [3.05, 3.63) is 54.4 Å². The molecule has 0 amide bonds. The zero-order valence-corrected chi connectivity index (χ0v) is 9.57. The molecular formula is C13H12F2N2O. The Bertz CT molecular complexity index is 503. The van der Waals surface area contributed by atoms with Crippen LogP contribution in [0.15, 0.2) is 42.6 Å². The average molecular weight is 250 g/mol. The van der Waals surface area contributed by atoms with E-state index in [0.717, 1.165) is 0 Å². The third-order valence-corrected chi connectivity index (χ3v) is 2.24. The molecule has 0 saturated heterocycles. The summed E-state index contributed by atoms with van der Waals surface area (Å²) in [7, 11) is 0. The van der Waals surface area contributed by atoms with Crippen LogP contribution >= 0.6 is 0 Å². The predicted octanol–water partition coefficient (Wildman–Crippen LogP) is 2.85. The van der Waals surface area contributed by atoms with Gasteiger partial charge in [0.15, 0.2) is 0 Å². The fraction of sp³-hybridized carbons (Fsp3) is 0.154. The molecule has 0 saturated carbocycles.